The Morgan fingerprint density at radius 3 is 2.56 bits per heavy atom. The van der Waals surface area contributed by atoms with Crippen LogP contribution in [0.15, 0.2) is 0 Å². The zero-order chi connectivity index (χ0) is 13.0. The van der Waals surface area contributed by atoms with Gasteiger partial charge in [-0.3, -0.25) is 4.90 Å². The average Bonchev–Trinajstić information content (AvgIpc) is 2.36. The first-order valence-corrected chi connectivity index (χ1v) is 8.11. The minimum absolute atomic E-state index is 0.304. The summed E-state index contributed by atoms with van der Waals surface area (Å²) in [5.74, 6) is 0.958. The monoisotopic (exact) mass is 252 g/mol. The van der Waals surface area contributed by atoms with E-state index in [0.717, 1.165) is 12.0 Å². The number of piperazine rings is 1. The van der Waals surface area contributed by atoms with Crippen LogP contribution in [0.5, 0.6) is 0 Å². The largest absolute Gasteiger partial charge is 0.309 e. The molecule has 106 valence electrons. The predicted molar refractivity (Wildman–Crippen MR) is 78.9 cm³/mol. The molecule has 2 nitrogen and oxygen atoms in total. The first kappa shape index (κ1) is 14.3. The highest BCUT2D eigenvalue weighted by Crippen LogP contribution is 2.31. The van der Waals surface area contributed by atoms with E-state index in [-0.39, 0.29) is 0 Å². The first-order valence-electron chi connectivity index (χ1n) is 8.11. The average molecular weight is 252 g/mol. The summed E-state index contributed by atoms with van der Waals surface area (Å²) in [4.78, 5) is 2.80. The van der Waals surface area contributed by atoms with Gasteiger partial charge in [0.15, 0.2) is 0 Å². The number of hydrogen-bond acceptors (Lipinski definition) is 2. The number of unbranched alkanes of at least 4 members (excludes halogenated alkanes) is 1. The highest BCUT2D eigenvalue weighted by molar-refractivity contribution is 4.95. The van der Waals surface area contributed by atoms with Crippen molar-refractivity contribution >= 4 is 0 Å². The van der Waals surface area contributed by atoms with Crippen molar-refractivity contribution in [3.05, 3.63) is 0 Å². The molecule has 1 aliphatic heterocycles. The van der Waals surface area contributed by atoms with Crippen molar-refractivity contribution in [2.75, 3.05) is 19.6 Å². The van der Waals surface area contributed by atoms with Gasteiger partial charge >= 0.3 is 0 Å². The van der Waals surface area contributed by atoms with E-state index in [1.807, 2.05) is 0 Å². The Kier molecular flexibility index (Phi) is 5.08. The molecule has 0 aromatic carbocycles. The molecule has 0 aromatic heterocycles. The van der Waals surface area contributed by atoms with E-state index < -0.39 is 0 Å². The molecule has 1 aliphatic carbocycles. The van der Waals surface area contributed by atoms with Crippen molar-refractivity contribution in [2.24, 2.45) is 5.92 Å². The van der Waals surface area contributed by atoms with Crippen LogP contribution in [0.3, 0.4) is 0 Å². The molecule has 1 unspecified atom stereocenters. The van der Waals surface area contributed by atoms with Gasteiger partial charge in [-0.15, -0.1) is 0 Å². The molecule has 1 heterocycles. The van der Waals surface area contributed by atoms with Gasteiger partial charge < -0.3 is 5.32 Å². The lowest BCUT2D eigenvalue weighted by atomic mass is 9.81. The SMILES string of the molecule is CCCCN1CC(C)(C)NCC1C1CCCCC1. The Hall–Kier alpha value is -0.0800. The second kappa shape index (κ2) is 6.38. The Balaban J connectivity index is 1.96. The lowest BCUT2D eigenvalue weighted by Gasteiger charge is -2.48. The van der Waals surface area contributed by atoms with Gasteiger partial charge in [-0.1, -0.05) is 32.6 Å². The summed E-state index contributed by atoms with van der Waals surface area (Å²) in [6.45, 7) is 10.8. The van der Waals surface area contributed by atoms with E-state index in [4.69, 9.17) is 0 Å². The van der Waals surface area contributed by atoms with E-state index >= 15 is 0 Å². The van der Waals surface area contributed by atoms with Crippen LogP contribution in [-0.4, -0.2) is 36.1 Å². The molecule has 0 radical (unpaired) electrons. The second-order valence-electron chi connectivity index (χ2n) is 7.05. The fraction of sp³-hybridized carbons (Fsp3) is 1.00. The van der Waals surface area contributed by atoms with Crippen molar-refractivity contribution < 1.29 is 0 Å². The number of nitrogens with zero attached hydrogens (tertiary/aromatic N) is 1. The van der Waals surface area contributed by atoms with E-state index in [1.165, 1.54) is 64.6 Å². The highest BCUT2D eigenvalue weighted by atomic mass is 15.2. The Labute approximate surface area is 114 Å². The number of nitrogens with one attached hydrogen (secondary N) is 1. The maximum absolute atomic E-state index is 3.77. The van der Waals surface area contributed by atoms with Crippen LogP contribution >= 0.6 is 0 Å². The molecule has 0 spiro atoms. The molecular formula is C16H32N2. The van der Waals surface area contributed by atoms with E-state index in [1.54, 1.807) is 0 Å². The zero-order valence-corrected chi connectivity index (χ0v) is 12.7. The molecule has 2 aliphatic rings. The van der Waals surface area contributed by atoms with Gasteiger partial charge in [0.1, 0.15) is 0 Å². The Bertz CT molecular complexity index is 243. The van der Waals surface area contributed by atoms with Crippen LogP contribution in [0.25, 0.3) is 0 Å². The maximum Gasteiger partial charge on any atom is 0.0252 e. The summed E-state index contributed by atoms with van der Waals surface area (Å²) in [5, 5.41) is 3.77. The van der Waals surface area contributed by atoms with Crippen LogP contribution < -0.4 is 5.32 Å². The quantitative estimate of drug-likeness (QED) is 0.825. The summed E-state index contributed by atoms with van der Waals surface area (Å²) >= 11 is 0. The van der Waals surface area contributed by atoms with Gasteiger partial charge in [0.25, 0.3) is 0 Å². The lowest BCUT2D eigenvalue weighted by Crippen LogP contribution is -2.63. The molecule has 0 bridgehead atoms. The van der Waals surface area contributed by atoms with Crippen molar-refractivity contribution in [2.45, 2.75) is 77.3 Å². The molecule has 0 amide bonds. The van der Waals surface area contributed by atoms with Crippen LogP contribution in [0.1, 0.15) is 65.7 Å². The van der Waals surface area contributed by atoms with Crippen molar-refractivity contribution in [3.8, 4) is 0 Å². The molecule has 1 saturated carbocycles. The third kappa shape index (κ3) is 3.71. The van der Waals surface area contributed by atoms with Gasteiger partial charge in [0.2, 0.25) is 0 Å². The van der Waals surface area contributed by atoms with E-state index in [9.17, 15) is 0 Å². The predicted octanol–water partition coefficient (Wildman–Crippen LogP) is 3.42. The molecule has 1 atom stereocenters. The van der Waals surface area contributed by atoms with Gasteiger partial charge in [-0.2, -0.15) is 0 Å². The smallest absolute Gasteiger partial charge is 0.0252 e. The zero-order valence-electron chi connectivity index (χ0n) is 12.7. The molecule has 2 rings (SSSR count). The number of rotatable bonds is 4. The standard InChI is InChI=1S/C16H32N2/c1-4-5-11-18-13-16(2,3)17-12-15(18)14-9-7-6-8-10-14/h14-15,17H,4-13H2,1-3H3. The maximum atomic E-state index is 3.77. The van der Waals surface area contributed by atoms with Gasteiger partial charge in [-0.05, 0) is 45.6 Å². The van der Waals surface area contributed by atoms with E-state index in [2.05, 4.69) is 31.0 Å². The summed E-state index contributed by atoms with van der Waals surface area (Å²) in [6, 6.07) is 0.810. The third-order valence-corrected chi connectivity index (χ3v) is 4.85. The first-order chi connectivity index (χ1) is 8.62. The van der Waals surface area contributed by atoms with Crippen LogP contribution in [0.4, 0.5) is 0 Å². The third-order valence-electron chi connectivity index (χ3n) is 4.85. The highest BCUT2D eigenvalue weighted by Gasteiger charge is 2.36. The normalized spacial score (nSPS) is 30.5. The van der Waals surface area contributed by atoms with Crippen LogP contribution in [0, 0.1) is 5.92 Å². The molecular weight excluding hydrogens is 220 g/mol. The Morgan fingerprint density at radius 2 is 1.89 bits per heavy atom. The summed E-state index contributed by atoms with van der Waals surface area (Å²) < 4.78 is 0. The fourth-order valence-corrected chi connectivity index (χ4v) is 3.78. The summed E-state index contributed by atoms with van der Waals surface area (Å²) in [7, 11) is 0. The van der Waals surface area contributed by atoms with E-state index in [0.29, 0.717) is 5.54 Å². The number of hydrogen-bond donors (Lipinski definition) is 1. The lowest BCUT2D eigenvalue weighted by molar-refractivity contribution is 0.0470. The Morgan fingerprint density at radius 1 is 1.17 bits per heavy atom. The molecule has 2 fully saturated rings. The van der Waals surface area contributed by atoms with Crippen molar-refractivity contribution in [1.82, 2.24) is 10.2 Å². The summed E-state index contributed by atoms with van der Waals surface area (Å²) in [5.41, 5.74) is 0.304. The van der Waals surface area contributed by atoms with Gasteiger partial charge in [0.05, 0.1) is 0 Å². The molecule has 0 aromatic rings. The molecule has 18 heavy (non-hydrogen) atoms. The minimum atomic E-state index is 0.304. The topological polar surface area (TPSA) is 15.3 Å². The molecule has 2 heteroatoms. The fourth-order valence-electron chi connectivity index (χ4n) is 3.78. The van der Waals surface area contributed by atoms with Crippen molar-refractivity contribution in [3.63, 3.8) is 0 Å². The molecule has 1 N–H and O–H groups in total. The van der Waals surface area contributed by atoms with Gasteiger partial charge in [-0.25, -0.2) is 0 Å². The second-order valence-corrected chi connectivity index (χ2v) is 7.05. The van der Waals surface area contributed by atoms with Crippen LogP contribution in [-0.2, 0) is 0 Å². The summed E-state index contributed by atoms with van der Waals surface area (Å²) in [6.07, 6.45) is 10.0. The molecule has 1 saturated heterocycles. The van der Waals surface area contributed by atoms with Crippen LogP contribution in [0.2, 0.25) is 0 Å². The van der Waals surface area contributed by atoms with Crippen molar-refractivity contribution in [1.29, 1.82) is 0 Å². The minimum Gasteiger partial charge on any atom is -0.309 e. The van der Waals surface area contributed by atoms with Gasteiger partial charge in [0, 0.05) is 24.7 Å².